The molecule has 0 unspecified atom stereocenters. The lowest BCUT2D eigenvalue weighted by Crippen LogP contribution is -2.61. The minimum atomic E-state index is -1.02. The number of hydrogen-bond donors (Lipinski definition) is 3. The van der Waals surface area contributed by atoms with E-state index in [9.17, 15) is 14.3 Å². The van der Waals surface area contributed by atoms with Crippen LogP contribution in [0.5, 0.6) is 0 Å². The van der Waals surface area contributed by atoms with Crippen molar-refractivity contribution in [1.82, 2.24) is 20.0 Å². The normalized spacial score (nSPS) is 22.7. The lowest BCUT2D eigenvalue weighted by Gasteiger charge is -2.42. The lowest BCUT2D eigenvalue weighted by atomic mass is 9.79. The summed E-state index contributed by atoms with van der Waals surface area (Å²) < 4.78 is 15.9. The number of piperidine rings is 1. The zero-order valence-electron chi connectivity index (χ0n) is 14.3. The van der Waals surface area contributed by atoms with Gasteiger partial charge in [-0.2, -0.15) is 4.39 Å². The molecule has 8 heteroatoms. The summed E-state index contributed by atoms with van der Waals surface area (Å²) >= 11 is 5.90. The van der Waals surface area contributed by atoms with Crippen molar-refractivity contribution in [3.8, 4) is 0 Å². The van der Waals surface area contributed by atoms with Crippen LogP contribution < -0.4 is 10.6 Å². The number of benzene rings is 1. The molecule has 2 atom stereocenters. The number of hydrogen-bond acceptors (Lipinski definition) is 4. The molecular formula is C19H18ClFN4O2. The van der Waals surface area contributed by atoms with Gasteiger partial charge in [0, 0.05) is 12.7 Å². The van der Waals surface area contributed by atoms with Crippen molar-refractivity contribution in [3.05, 3.63) is 70.9 Å². The standard InChI is InChI=1S/C19H18ClFN4O2/c20-13-6-7-15-23-16(17(21)25(15)11-13)18(27)24-19(8-9-22-10-14(19)26)12-4-2-1-3-5-12/h1-7,11,14,22,26H,8-10H2,(H,24,27)/t14-,19+/m1/s1. The first kappa shape index (κ1) is 17.9. The third-order valence-electron chi connectivity index (χ3n) is 4.97. The van der Waals surface area contributed by atoms with Crippen molar-refractivity contribution in [2.45, 2.75) is 18.1 Å². The molecule has 1 aliphatic heterocycles. The summed E-state index contributed by atoms with van der Waals surface area (Å²) in [7, 11) is 0. The SMILES string of the molecule is O=C(N[C@]1(c2ccccc2)CCNC[C@H]1O)c1nc2ccc(Cl)cn2c1F. The summed E-state index contributed by atoms with van der Waals surface area (Å²) in [5.41, 5.74) is -0.316. The summed E-state index contributed by atoms with van der Waals surface area (Å²) in [6, 6.07) is 12.3. The van der Waals surface area contributed by atoms with Crippen LogP contribution in [0.2, 0.25) is 5.02 Å². The maximum absolute atomic E-state index is 14.7. The van der Waals surface area contributed by atoms with E-state index in [4.69, 9.17) is 11.6 Å². The van der Waals surface area contributed by atoms with E-state index >= 15 is 0 Å². The van der Waals surface area contributed by atoms with Crippen LogP contribution in [0.15, 0.2) is 48.7 Å². The Morgan fingerprint density at radius 1 is 1.33 bits per heavy atom. The largest absolute Gasteiger partial charge is 0.389 e. The quantitative estimate of drug-likeness (QED) is 0.642. The Kier molecular flexibility index (Phi) is 4.59. The second-order valence-corrected chi connectivity index (χ2v) is 7.02. The van der Waals surface area contributed by atoms with Gasteiger partial charge in [0.25, 0.3) is 5.91 Å². The van der Waals surface area contributed by atoms with E-state index in [-0.39, 0.29) is 11.3 Å². The highest BCUT2D eigenvalue weighted by molar-refractivity contribution is 6.30. The first-order chi connectivity index (χ1) is 13.0. The van der Waals surface area contributed by atoms with Gasteiger partial charge in [0.15, 0.2) is 5.69 Å². The minimum absolute atomic E-state index is 0.279. The molecule has 140 valence electrons. The van der Waals surface area contributed by atoms with Crippen molar-refractivity contribution in [2.75, 3.05) is 13.1 Å². The summed E-state index contributed by atoms with van der Waals surface area (Å²) in [6.45, 7) is 0.925. The molecule has 1 amide bonds. The van der Waals surface area contributed by atoms with Crippen LogP contribution in [-0.4, -0.2) is 39.6 Å². The van der Waals surface area contributed by atoms with Gasteiger partial charge in [-0.25, -0.2) is 4.98 Å². The third kappa shape index (κ3) is 3.07. The van der Waals surface area contributed by atoms with E-state index in [1.165, 1.54) is 12.3 Å². The Hall–Kier alpha value is -2.48. The maximum Gasteiger partial charge on any atom is 0.275 e. The molecule has 2 aromatic heterocycles. The van der Waals surface area contributed by atoms with Crippen LogP contribution in [0.3, 0.4) is 0 Å². The van der Waals surface area contributed by atoms with Crippen LogP contribution in [0.1, 0.15) is 22.5 Å². The van der Waals surface area contributed by atoms with Gasteiger partial charge in [0.2, 0.25) is 5.95 Å². The van der Waals surface area contributed by atoms with Gasteiger partial charge in [-0.1, -0.05) is 41.9 Å². The number of halogens is 2. The fourth-order valence-corrected chi connectivity index (χ4v) is 3.71. The first-order valence-electron chi connectivity index (χ1n) is 8.61. The molecule has 0 spiro atoms. The number of imidazole rings is 1. The van der Waals surface area contributed by atoms with Crippen molar-refractivity contribution in [2.24, 2.45) is 0 Å². The van der Waals surface area contributed by atoms with E-state index in [1.807, 2.05) is 30.3 Å². The number of carbonyl (C=O) groups excluding carboxylic acids is 1. The van der Waals surface area contributed by atoms with Gasteiger partial charge in [0.05, 0.1) is 16.7 Å². The molecule has 0 aliphatic carbocycles. The summed E-state index contributed by atoms with van der Waals surface area (Å²) in [5.74, 6) is -1.48. The van der Waals surface area contributed by atoms with Gasteiger partial charge >= 0.3 is 0 Å². The van der Waals surface area contributed by atoms with Gasteiger partial charge < -0.3 is 15.7 Å². The van der Waals surface area contributed by atoms with Gasteiger partial charge in [-0.05, 0) is 30.7 Å². The smallest absolute Gasteiger partial charge is 0.275 e. The van der Waals surface area contributed by atoms with Crippen LogP contribution in [0.4, 0.5) is 4.39 Å². The number of β-amino-alcohol motifs (C(OH)–C–C–N with tert-alkyl or cyclic N) is 1. The summed E-state index contributed by atoms with van der Waals surface area (Å²) in [5, 5.41) is 17.0. The fourth-order valence-electron chi connectivity index (χ4n) is 3.55. The number of rotatable bonds is 3. The Morgan fingerprint density at radius 2 is 2.11 bits per heavy atom. The van der Waals surface area contributed by atoms with E-state index in [2.05, 4.69) is 15.6 Å². The molecule has 0 saturated carbocycles. The molecule has 3 N–H and O–H groups in total. The van der Waals surface area contributed by atoms with Crippen molar-refractivity contribution in [1.29, 1.82) is 0 Å². The Morgan fingerprint density at radius 3 is 2.85 bits per heavy atom. The topological polar surface area (TPSA) is 78.7 Å². The highest BCUT2D eigenvalue weighted by Crippen LogP contribution is 2.31. The van der Waals surface area contributed by atoms with Crippen molar-refractivity contribution >= 4 is 23.2 Å². The number of amides is 1. The molecule has 1 fully saturated rings. The summed E-state index contributed by atoms with van der Waals surface area (Å²) in [6.07, 6.45) is 0.958. The number of carbonyl (C=O) groups is 1. The number of aliphatic hydroxyl groups is 1. The average molecular weight is 389 g/mol. The predicted octanol–water partition coefficient (Wildman–Crippen LogP) is 2.11. The van der Waals surface area contributed by atoms with E-state index in [0.29, 0.717) is 24.5 Å². The second kappa shape index (κ2) is 6.92. The molecule has 27 heavy (non-hydrogen) atoms. The van der Waals surface area contributed by atoms with Crippen LogP contribution in [0, 0.1) is 5.95 Å². The number of aliphatic hydroxyl groups excluding tert-OH is 1. The fraction of sp³-hybridized carbons (Fsp3) is 0.263. The highest BCUT2D eigenvalue weighted by Gasteiger charge is 2.43. The molecule has 3 aromatic rings. The van der Waals surface area contributed by atoms with Crippen LogP contribution in [-0.2, 0) is 5.54 Å². The van der Waals surface area contributed by atoms with E-state index < -0.39 is 23.5 Å². The van der Waals surface area contributed by atoms with Crippen molar-refractivity contribution < 1.29 is 14.3 Å². The zero-order chi connectivity index (χ0) is 19.0. The van der Waals surface area contributed by atoms with Crippen LogP contribution in [0.25, 0.3) is 5.65 Å². The van der Waals surface area contributed by atoms with Crippen LogP contribution >= 0.6 is 11.6 Å². The van der Waals surface area contributed by atoms with E-state index in [0.717, 1.165) is 9.96 Å². The highest BCUT2D eigenvalue weighted by atomic mass is 35.5. The molecule has 3 heterocycles. The molecule has 0 radical (unpaired) electrons. The molecule has 4 rings (SSSR count). The van der Waals surface area contributed by atoms with Gasteiger partial charge in [-0.3, -0.25) is 9.20 Å². The zero-order valence-corrected chi connectivity index (χ0v) is 15.1. The predicted molar refractivity (Wildman–Crippen MR) is 99.2 cm³/mol. The molecule has 6 nitrogen and oxygen atoms in total. The molecule has 0 bridgehead atoms. The average Bonchev–Trinajstić information content (AvgIpc) is 3.01. The lowest BCUT2D eigenvalue weighted by molar-refractivity contribution is 0.0286. The Bertz CT molecular complexity index is 994. The van der Waals surface area contributed by atoms with Crippen molar-refractivity contribution in [3.63, 3.8) is 0 Å². The summed E-state index contributed by atoms with van der Waals surface area (Å²) in [4.78, 5) is 17.0. The van der Waals surface area contributed by atoms with Gasteiger partial charge in [0.1, 0.15) is 5.65 Å². The number of fused-ring (bicyclic) bond motifs is 1. The Labute approximate surface area is 160 Å². The molecular weight excluding hydrogens is 371 g/mol. The molecule has 1 saturated heterocycles. The number of pyridine rings is 1. The first-order valence-corrected chi connectivity index (χ1v) is 8.99. The molecule has 1 aromatic carbocycles. The third-order valence-corrected chi connectivity index (χ3v) is 5.19. The monoisotopic (exact) mass is 388 g/mol. The Balaban J connectivity index is 1.74. The van der Waals surface area contributed by atoms with E-state index in [1.54, 1.807) is 6.07 Å². The molecule has 1 aliphatic rings. The number of nitrogens with one attached hydrogen (secondary N) is 2. The second-order valence-electron chi connectivity index (χ2n) is 6.59. The maximum atomic E-state index is 14.7. The van der Waals surface area contributed by atoms with Gasteiger partial charge in [-0.15, -0.1) is 0 Å². The minimum Gasteiger partial charge on any atom is -0.389 e. The number of nitrogens with zero attached hydrogens (tertiary/aromatic N) is 2. The number of aromatic nitrogens is 2.